The smallest absolute Gasteiger partial charge is 0.202 e. The van der Waals surface area contributed by atoms with E-state index in [9.17, 15) is 8.78 Å². The van der Waals surface area contributed by atoms with Crippen LogP contribution in [0.4, 0.5) is 14.5 Å². The molecule has 90 valence electrons. The van der Waals surface area contributed by atoms with E-state index < -0.39 is 11.6 Å². The lowest BCUT2D eigenvalue weighted by atomic mass is 10.2. The molecule has 0 heterocycles. The molecule has 0 unspecified atom stereocenters. The number of anilines is 1. The van der Waals surface area contributed by atoms with E-state index in [4.69, 9.17) is 10.5 Å². The van der Waals surface area contributed by atoms with E-state index in [1.165, 1.54) is 12.1 Å². The molecule has 0 amide bonds. The van der Waals surface area contributed by atoms with Crippen molar-refractivity contribution in [2.45, 2.75) is 32.6 Å². The first-order valence-corrected chi connectivity index (χ1v) is 5.53. The average molecular weight is 229 g/mol. The number of halogens is 2. The Bertz CT molecular complexity index is 342. The van der Waals surface area contributed by atoms with Crippen LogP contribution in [0.1, 0.15) is 32.6 Å². The average Bonchev–Trinajstić information content (AvgIpc) is 2.28. The molecule has 0 bridgehead atoms. The third-order valence-electron chi connectivity index (χ3n) is 2.33. The minimum atomic E-state index is -1.04. The van der Waals surface area contributed by atoms with Gasteiger partial charge in [0.15, 0.2) is 11.6 Å². The largest absolute Gasteiger partial charge is 0.490 e. The SMILES string of the molecule is CCCCCCOc1ccc(N)c(F)c1F. The number of benzene rings is 1. The summed E-state index contributed by atoms with van der Waals surface area (Å²) >= 11 is 0. The molecule has 1 aromatic carbocycles. The zero-order valence-electron chi connectivity index (χ0n) is 9.43. The molecule has 16 heavy (non-hydrogen) atoms. The van der Waals surface area contributed by atoms with Gasteiger partial charge >= 0.3 is 0 Å². The van der Waals surface area contributed by atoms with Crippen molar-refractivity contribution in [2.75, 3.05) is 12.3 Å². The van der Waals surface area contributed by atoms with E-state index in [0.29, 0.717) is 6.61 Å². The Labute approximate surface area is 94.4 Å². The lowest BCUT2D eigenvalue weighted by Gasteiger charge is -2.08. The van der Waals surface area contributed by atoms with Crippen LogP contribution in [0, 0.1) is 11.6 Å². The molecule has 2 N–H and O–H groups in total. The molecular formula is C12H17F2NO. The van der Waals surface area contributed by atoms with E-state index >= 15 is 0 Å². The van der Waals surface area contributed by atoms with Gasteiger partial charge in [0.25, 0.3) is 0 Å². The highest BCUT2D eigenvalue weighted by Gasteiger charge is 2.12. The van der Waals surface area contributed by atoms with Crippen molar-refractivity contribution < 1.29 is 13.5 Å². The lowest BCUT2D eigenvalue weighted by Crippen LogP contribution is -2.02. The Morgan fingerprint density at radius 1 is 1.12 bits per heavy atom. The van der Waals surface area contributed by atoms with Crippen LogP contribution in [-0.2, 0) is 0 Å². The van der Waals surface area contributed by atoms with Gasteiger partial charge in [0.05, 0.1) is 12.3 Å². The number of rotatable bonds is 6. The monoisotopic (exact) mass is 229 g/mol. The first-order chi connectivity index (χ1) is 7.66. The molecule has 0 spiro atoms. The van der Waals surface area contributed by atoms with Crippen molar-refractivity contribution >= 4 is 5.69 Å². The summed E-state index contributed by atoms with van der Waals surface area (Å²) in [5.41, 5.74) is 5.02. The summed E-state index contributed by atoms with van der Waals surface area (Å²) in [7, 11) is 0. The van der Waals surface area contributed by atoms with Crippen LogP contribution in [0.15, 0.2) is 12.1 Å². The van der Waals surface area contributed by atoms with Crippen molar-refractivity contribution in [2.24, 2.45) is 0 Å². The van der Waals surface area contributed by atoms with Crippen LogP contribution < -0.4 is 10.5 Å². The van der Waals surface area contributed by atoms with Crippen molar-refractivity contribution in [1.29, 1.82) is 0 Å². The Hall–Kier alpha value is -1.32. The first-order valence-electron chi connectivity index (χ1n) is 5.53. The number of unbranched alkanes of at least 4 members (excludes halogenated alkanes) is 3. The molecule has 1 aromatic rings. The van der Waals surface area contributed by atoms with Gasteiger partial charge in [-0.2, -0.15) is 4.39 Å². The third kappa shape index (κ3) is 3.36. The van der Waals surface area contributed by atoms with Crippen LogP contribution in [0.25, 0.3) is 0 Å². The molecule has 0 radical (unpaired) electrons. The van der Waals surface area contributed by atoms with Gasteiger partial charge in [-0.05, 0) is 18.6 Å². The summed E-state index contributed by atoms with van der Waals surface area (Å²) in [6.07, 6.45) is 4.14. The standard InChI is InChI=1S/C12H17F2NO/c1-2-3-4-5-8-16-10-7-6-9(15)11(13)12(10)14/h6-7H,2-5,8,15H2,1H3. The van der Waals surface area contributed by atoms with Gasteiger partial charge < -0.3 is 10.5 Å². The minimum Gasteiger partial charge on any atom is -0.490 e. The molecule has 1 rings (SSSR count). The molecular weight excluding hydrogens is 212 g/mol. The summed E-state index contributed by atoms with van der Waals surface area (Å²) < 4.78 is 31.4. The molecule has 4 heteroatoms. The Morgan fingerprint density at radius 3 is 2.56 bits per heavy atom. The van der Waals surface area contributed by atoms with Gasteiger partial charge in [-0.1, -0.05) is 26.2 Å². The van der Waals surface area contributed by atoms with Gasteiger partial charge in [-0.15, -0.1) is 0 Å². The molecule has 0 aliphatic rings. The highest BCUT2D eigenvalue weighted by Crippen LogP contribution is 2.24. The third-order valence-corrected chi connectivity index (χ3v) is 2.33. The van der Waals surface area contributed by atoms with Gasteiger partial charge in [-0.3, -0.25) is 0 Å². The molecule has 0 aliphatic carbocycles. The fourth-order valence-corrected chi connectivity index (χ4v) is 1.37. The number of hydrogen-bond donors (Lipinski definition) is 1. The number of ether oxygens (including phenoxy) is 1. The summed E-state index contributed by atoms with van der Waals surface area (Å²) in [6, 6.07) is 2.66. The predicted molar refractivity (Wildman–Crippen MR) is 60.4 cm³/mol. The molecule has 0 aromatic heterocycles. The topological polar surface area (TPSA) is 35.2 Å². The van der Waals surface area contributed by atoms with Crippen LogP contribution in [0.2, 0.25) is 0 Å². The fraction of sp³-hybridized carbons (Fsp3) is 0.500. The summed E-state index contributed by atoms with van der Waals surface area (Å²) in [6.45, 7) is 2.51. The summed E-state index contributed by atoms with van der Waals surface area (Å²) in [4.78, 5) is 0. The van der Waals surface area contributed by atoms with Gasteiger partial charge in [-0.25, -0.2) is 4.39 Å². The van der Waals surface area contributed by atoms with E-state index in [1.54, 1.807) is 0 Å². The zero-order valence-corrected chi connectivity index (χ0v) is 9.43. The molecule has 0 fully saturated rings. The normalized spacial score (nSPS) is 10.4. The van der Waals surface area contributed by atoms with Crippen molar-refractivity contribution in [3.63, 3.8) is 0 Å². The maximum atomic E-state index is 13.3. The quantitative estimate of drug-likeness (QED) is 0.598. The van der Waals surface area contributed by atoms with Gasteiger partial charge in [0.2, 0.25) is 5.82 Å². The summed E-state index contributed by atoms with van der Waals surface area (Å²) in [5.74, 6) is -2.11. The van der Waals surface area contributed by atoms with Crippen LogP contribution in [-0.4, -0.2) is 6.61 Å². The zero-order chi connectivity index (χ0) is 12.0. The fourth-order valence-electron chi connectivity index (χ4n) is 1.37. The van der Waals surface area contributed by atoms with Crippen LogP contribution in [0.5, 0.6) is 5.75 Å². The second-order valence-corrected chi connectivity index (χ2v) is 3.69. The molecule has 0 saturated heterocycles. The molecule has 2 nitrogen and oxygen atoms in total. The molecule has 0 atom stereocenters. The first kappa shape index (κ1) is 12.7. The highest BCUT2D eigenvalue weighted by molar-refractivity contribution is 5.44. The second-order valence-electron chi connectivity index (χ2n) is 3.69. The van der Waals surface area contributed by atoms with Crippen molar-refractivity contribution in [1.82, 2.24) is 0 Å². The van der Waals surface area contributed by atoms with E-state index in [0.717, 1.165) is 25.7 Å². The van der Waals surface area contributed by atoms with Crippen molar-refractivity contribution in [3.8, 4) is 5.75 Å². The molecule has 0 saturated carbocycles. The van der Waals surface area contributed by atoms with Gasteiger partial charge in [0.1, 0.15) is 0 Å². The van der Waals surface area contributed by atoms with E-state index in [1.807, 2.05) is 0 Å². The maximum absolute atomic E-state index is 13.3. The highest BCUT2D eigenvalue weighted by atomic mass is 19.2. The number of nitrogen functional groups attached to an aromatic ring is 1. The predicted octanol–water partition coefficient (Wildman–Crippen LogP) is 3.51. The number of nitrogens with two attached hydrogens (primary N) is 1. The lowest BCUT2D eigenvalue weighted by molar-refractivity contribution is 0.285. The van der Waals surface area contributed by atoms with Crippen molar-refractivity contribution in [3.05, 3.63) is 23.8 Å². The van der Waals surface area contributed by atoms with E-state index in [2.05, 4.69) is 6.92 Å². The second kappa shape index (κ2) is 6.30. The Morgan fingerprint density at radius 2 is 1.88 bits per heavy atom. The minimum absolute atomic E-state index is 0.0665. The van der Waals surface area contributed by atoms with Crippen LogP contribution in [0.3, 0.4) is 0 Å². The Kier molecular flexibility index (Phi) is 5.02. The Balaban J connectivity index is 2.45. The maximum Gasteiger partial charge on any atom is 0.202 e. The molecule has 0 aliphatic heterocycles. The number of hydrogen-bond acceptors (Lipinski definition) is 2. The van der Waals surface area contributed by atoms with Crippen LogP contribution >= 0.6 is 0 Å². The summed E-state index contributed by atoms with van der Waals surface area (Å²) in [5, 5.41) is 0. The van der Waals surface area contributed by atoms with E-state index in [-0.39, 0.29) is 11.4 Å². The van der Waals surface area contributed by atoms with Gasteiger partial charge in [0, 0.05) is 0 Å².